The molecule has 3 rings (SSSR count). The zero-order valence-corrected chi connectivity index (χ0v) is 14.0. The summed E-state index contributed by atoms with van der Waals surface area (Å²) in [5.41, 5.74) is 2.14. The fourth-order valence-electron chi connectivity index (χ4n) is 2.90. The van der Waals surface area contributed by atoms with Crippen LogP contribution in [0.1, 0.15) is 11.3 Å². The van der Waals surface area contributed by atoms with Crippen LogP contribution in [-0.2, 0) is 22.6 Å². The first-order chi connectivity index (χ1) is 11.7. The summed E-state index contributed by atoms with van der Waals surface area (Å²) in [4.78, 5) is 20.9. The number of carbonyl (C=O) groups is 1. The molecule has 1 amide bonds. The van der Waals surface area contributed by atoms with E-state index in [0.29, 0.717) is 19.7 Å². The summed E-state index contributed by atoms with van der Waals surface area (Å²) in [6.07, 6.45) is 1.34. The molecule has 0 spiro atoms. The van der Waals surface area contributed by atoms with E-state index in [1.54, 1.807) is 18.1 Å². The number of hydrogen-bond donors (Lipinski definition) is 0. The number of likely N-dealkylation sites (N-methyl/N-ethyl adjacent to an activating group) is 1. The van der Waals surface area contributed by atoms with Crippen LogP contribution in [0.4, 0.5) is 0 Å². The highest BCUT2D eigenvalue weighted by Crippen LogP contribution is 2.13. The number of carbonyl (C=O) groups excluding carboxylic acids is 1. The van der Waals surface area contributed by atoms with E-state index in [0.717, 1.165) is 18.8 Å². The Labute approximate surface area is 142 Å². The summed E-state index contributed by atoms with van der Waals surface area (Å²) < 4.78 is 5.71. The topological polar surface area (TPSA) is 45.7 Å². The number of pyridine rings is 1. The molecule has 24 heavy (non-hydrogen) atoms. The maximum Gasteiger partial charge on any atom is 0.253 e. The zero-order chi connectivity index (χ0) is 16.8. The average Bonchev–Trinajstić information content (AvgIpc) is 2.63. The van der Waals surface area contributed by atoms with Gasteiger partial charge in [-0.05, 0) is 17.7 Å². The third kappa shape index (κ3) is 4.40. The Hall–Kier alpha value is -2.24. The van der Waals surface area contributed by atoms with Gasteiger partial charge < -0.3 is 9.64 Å². The lowest BCUT2D eigenvalue weighted by molar-refractivity contribution is -0.149. The molecule has 1 aliphatic rings. The van der Waals surface area contributed by atoms with Crippen molar-refractivity contribution in [2.24, 2.45) is 0 Å². The summed E-state index contributed by atoms with van der Waals surface area (Å²) in [7, 11) is 1.80. The number of benzene rings is 1. The molecule has 1 saturated heterocycles. The van der Waals surface area contributed by atoms with Crippen molar-refractivity contribution in [1.29, 1.82) is 0 Å². The maximum atomic E-state index is 12.6. The van der Waals surface area contributed by atoms with Crippen LogP contribution < -0.4 is 0 Å². The average molecular weight is 325 g/mol. The van der Waals surface area contributed by atoms with Crippen molar-refractivity contribution in [2.45, 2.75) is 19.2 Å². The highest BCUT2D eigenvalue weighted by molar-refractivity contribution is 5.81. The van der Waals surface area contributed by atoms with Gasteiger partial charge in [0.05, 0.1) is 18.8 Å². The first kappa shape index (κ1) is 16.6. The Morgan fingerprint density at radius 3 is 2.79 bits per heavy atom. The van der Waals surface area contributed by atoms with Gasteiger partial charge in [-0.3, -0.25) is 14.7 Å². The standard InChI is InChI=1S/C19H23N3O2/c1-21(14-17-9-5-6-10-20-17)19(23)18-15-22(11-12-24-18)13-16-7-3-2-4-8-16/h2-10,18H,11-15H2,1H3. The number of amides is 1. The number of aromatic nitrogens is 1. The summed E-state index contributed by atoms with van der Waals surface area (Å²) in [6, 6.07) is 16.0. The molecule has 1 atom stereocenters. The molecule has 1 aromatic carbocycles. The minimum absolute atomic E-state index is 0.0124. The summed E-state index contributed by atoms with van der Waals surface area (Å²) in [5, 5.41) is 0. The molecule has 1 fully saturated rings. The molecule has 0 bridgehead atoms. The summed E-state index contributed by atoms with van der Waals surface area (Å²) in [5.74, 6) is 0.0124. The molecule has 0 N–H and O–H groups in total. The van der Waals surface area contributed by atoms with Crippen LogP contribution in [0.25, 0.3) is 0 Å². The molecular formula is C19H23N3O2. The van der Waals surface area contributed by atoms with E-state index in [9.17, 15) is 4.79 Å². The Bertz CT molecular complexity index is 648. The largest absolute Gasteiger partial charge is 0.366 e. The molecule has 1 unspecified atom stereocenters. The second-order valence-electron chi connectivity index (χ2n) is 6.10. The van der Waals surface area contributed by atoms with E-state index >= 15 is 0 Å². The first-order valence-corrected chi connectivity index (χ1v) is 8.25. The predicted octanol–water partition coefficient (Wildman–Crippen LogP) is 1.94. The molecule has 0 saturated carbocycles. The number of rotatable bonds is 5. The van der Waals surface area contributed by atoms with Crippen molar-refractivity contribution in [3.05, 3.63) is 66.0 Å². The molecule has 1 aromatic heterocycles. The lowest BCUT2D eigenvalue weighted by atomic mass is 10.1. The molecule has 2 aromatic rings. The molecule has 126 valence electrons. The second kappa shape index (κ2) is 8.04. The monoisotopic (exact) mass is 325 g/mol. The van der Waals surface area contributed by atoms with E-state index in [1.165, 1.54) is 5.56 Å². The minimum atomic E-state index is -0.406. The van der Waals surface area contributed by atoms with Gasteiger partial charge in [-0.2, -0.15) is 0 Å². The maximum absolute atomic E-state index is 12.6. The van der Waals surface area contributed by atoms with Gasteiger partial charge in [0, 0.05) is 32.9 Å². The molecule has 1 aliphatic heterocycles. The molecule has 0 aliphatic carbocycles. The van der Waals surface area contributed by atoms with Crippen LogP contribution in [0.15, 0.2) is 54.7 Å². The first-order valence-electron chi connectivity index (χ1n) is 8.25. The van der Waals surface area contributed by atoms with Gasteiger partial charge in [0.25, 0.3) is 5.91 Å². The fourth-order valence-corrected chi connectivity index (χ4v) is 2.90. The number of ether oxygens (including phenoxy) is 1. The van der Waals surface area contributed by atoms with Gasteiger partial charge in [-0.25, -0.2) is 0 Å². The zero-order valence-electron chi connectivity index (χ0n) is 14.0. The Balaban J connectivity index is 1.56. The number of morpholine rings is 1. The molecule has 2 heterocycles. The van der Waals surface area contributed by atoms with Crippen LogP contribution in [0.3, 0.4) is 0 Å². The third-order valence-corrected chi connectivity index (χ3v) is 4.18. The quantitative estimate of drug-likeness (QED) is 0.843. The van der Waals surface area contributed by atoms with Crippen molar-refractivity contribution < 1.29 is 9.53 Å². The van der Waals surface area contributed by atoms with Crippen molar-refractivity contribution in [2.75, 3.05) is 26.7 Å². The van der Waals surface area contributed by atoms with Crippen LogP contribution >= 0.6 is 0 Å². The van der Waals surface area contributed by atoms with E-state index < -0.39 is 6.10 Å². The normalized spacial score (nSPS) is 18.3. The second-order valence-corrected chi connectivity index (χ2v) is 6.10. The SMILES string of the molecule is CN(Cc1ccccn1)C(=O)C1CN(Cc2ccccc2)CCO1. The molecule has 5 nitrogen and oxygen atoms in total. The smallest absolute Gasteiger partial charge is 0.253 e. The summed E-state index contributed by atoms with van der Waals surface area (Å²) in [6.45, 7) is 3.40. The van der Waals surface area contributed by atoms with Crippen LogP contribution in [-0.4, -0.2) is 53.5 Å². The van der Waals surface area contributed by atoms with Crippen molar-refractivity contribution in [3.8, 4) is 0 Å². The van der Waals surface area contributed by atoms with Crippen LogP contribution in [0.2, 0.25) is 0 Å². The fraction of sp³-hybridized carbons (Fsp3) is 0.368. The Morgan fingerprint density at radius 1 is 1.25 bits per heavy atom. The van der Waals surface area contributed by atoms with Gasteiger partial charge in [-0.15, -0.1) is 0 Å². The minimum Gasteiger partial charge on any atom is -0.366 e. The van der Waals surface area contributed by atoms with Gasteiger partial charge in [0.15, 0.2) is 0 Å². The Morgan fingerprint density at radius 2 is 2.04 bits per heavy atom. The predicted molar refractivity (Wildman–Crippen MR) is 92.2 cm³/mol. The van der Waals surface area contributed by atoms with Gasteiger partial charge >= 0.3 is 0 Å². The van der Waals surface area contributed by atoms with Crippen LogP contribution in [0, 0.1) is 0 Å². The summed E-state index contributed by atoms with van der Waals surface area (Å²) >= 11 is 0. The molecule has 5 heteroatoms. The third-order valence-electron chi connectivity index (χ3n) is 4.18. The molecule has 0 radical (unpaired) electrons. The van der Waals surface area contributed by atoms with Crippen molar-refractivity contribution >= 4 is 5.91 Å². The number of hydrogen-bond acceptors (Lipinski definition) is 4. The van der Waals surface area contributed by atoms with Crippen LogP contribution in [0.5, 0.6) is 0 Å². The van der Waals surface area contributed by atoms with Crippen molar-refractivity contribution in [3.63, 3.8) is 0 Å². The van der Waals surface area contributed by atoms with Gasteiger partial charge in [-0.1, -0.05) is 36.4 Å². The molecular weight excluding hydrogens is 302 g/mol. The number of nitrogens with zero attached hydrogens (tertiary/aromatic N) is 3. The highest BCUT2D eigenvalue weighted by Gasteiger charge is 2.29. The van der Waals surface area contributed by atoms with E-state index in [1.807, 2.05) is 36.4 Å². The lowest BCUT2D eigenvalue weighted by Gasteiger charge is -2.34. The Kier molecular flexibility index (Phi) is 5.56. The van der Waals surface area contributed by atoms with E-state index in [2.05, 4.69) is 22.0 Å². The van der Waals surface area contributed by atoms with Gasteiger partial charge in [0.2, 0.25) is 0 Å². The lowest BCUT2D eigenvalue weighted by Crippen LogP contribution is -2.49. The van der Waals surface area contributed by atoms with Crippen molar-refractivity contribution in [1.82, 2.24) is 14.8 Å². The van der Waals surface area contributed by atoms with Gasteiger partial charge in [0.1, 0.15) is 6.10 Å². The van der Waals surface area contributed by atoms with E-state index in [4.69, 9.17) is 4.74 Å². The highest BCUT2D eigenvalue weighted by atomic mass is 16.5. The van der Waals surface area contributed by atoms with E-state index in [-0.39, 0.29) is 5.91 Å².